The maximum Gasteiger partial charge on any atom is 0.416 e. The van der Waals surface area contributed by atoms with Crippen molar-refractivity contribution < 1.29 is 22.7 Å². The Bertz CT molecular complexity index is 709. The minimum atomic E-state index is -4.36. The van der Waals surface area contributed by atoms with Crippen LogP contribution < -0.4 is 10.1 Å². The van der Waals surface area contributed by atoms with Crippen molar-refractivity contribution in [2.24, 2.45) is 0 Å². The van der Waals surface area contributed by atoms with E-state index in [0.717, 1.165) is 23.3 Å². The Kier molecular flexibility index (Phi) is 5.49. The molecular formula is C18H18F3NO2. The van der Waals surface area contributed by atoms with Crippen molar-refractivity contribution >= 4 is 5.91 Å². The van der Waals surface area contributed by atoms with Crippen molar-refractivity contribution in [1.82, 2.24) is 5.32 Å². The van der Waals surface area contributed by atoms with Gasteiger partial charge in [-0.25, -0.2) is 0 Å². The molecule has 0 radical (unpaired) electrons. The fraction of sp³-hybridized carbons (Fsp3) is 0.278. The van der Waals surface area contributed by atoms with Crippen LogP contribution in [0, 0.1) is 6.92 Å². The molecule has 0 atom stereocenters. The number of rotatable bonds is 5. The number of ether oxygens (including phenoxy) is 1. The van der Waals surface area contributed by atoms with E-state index in [1.54, 1.807) is 6.07 Å². The summed E-state index contributed by atoms with van der Waals surface area (Å²) in [5, 5.41) is 2.70. The van der Waals surface area contributed by atoms with Crippen LogP contribution in [0.4, 0.5) is 13.2 Å². The van der Waals surface area contributed by atoms with Gasteiger partial charge in [-0.05, 0) is 30.7 Å². The lowest BCUT2D eigenvalue weighted by Gasteiger charge is -2.11. The quantitative estimate of drug-likeness (QED) is 0.899. The van der Waals surface area contributed by atoms with Crippen molar-refractivity contribution in [3.05, 3.63) is 64.7 Å². The highest BCUT2D eigenvalue weighted by molar-refractivity contribution is 5.79. The Morgan fingerprint density at radius 1 is 1.12 bits per heavy atom. The van der Waals surface area contributed by atoms with E-state index in [-0.39, 0.29) is 18.9 Å². The lowest BCUT2D eigenvalue weighted by atomic mass is 10.1. The average Bonchev–Trinajstić information content (AvgIpc) is 2.53. The van der Waals surface area contributed by atoms with E-state index >= 15 is 0 Å². The largest absolute Gasteiger partial charge is 0.496 e. The zero-order valence-electron chi connectivity index (χ0n) is 13.4. The van der Waals surface area contributed by atoms with E-state index < -0.39 is 11.7 Å². The summed E-state index contributed by atoms with van der Waals surface area (Å²) in [6.45, 7) is 2.09. The predicted octanol–water partition coefficient (Wildman–Crippen LogP) is 3.88. The lowest BCUT2D eigenvalue weighted by Crippen LogP contribution is -2.24. The number of halogens is 3. The number of amides is 1. The highest BCUT2D eigenvalue weighted by Crippen LogP contribution is 2.29. The first-order valence-electron chi connectivity index (χ1n) is 7.36. The third kappa shape index (κ3) is 4.75. The van der Waals surface area contributed by atoms with E-state index in [2.05, 4.69) is 5.32 Å². The Morgan fingerprint density at radius 3 is 2.38 bits per heavy atom. The molecule has 1 amide bonds. The number of methoxy groups -OCH3 is 1. The summed E-state index contributed by atoms with van der Waals surface area (Å²) in [6, 6.07) is 10.3. The van der Waals surface area contributed by atoms with Crippen molar-refractivity contribution in [2.45, 2.75) is 26.1 Å². The average molecular weight is 337 g/mol. The van der Waals surface area contributed by atoms with Gasteiger partial charge in [0.15, 0.2) is 0 Å². The molecule has 0 unspecified atom stereocenters. The van der Waals surface area contributed by atoms with Crippen LogP contribution in [-0.2, 0) is 23.9 Å². The number of carbonyl (C=O) groups is 1. The zero-order valence-corrected chi connectivity index (χ0v) is 13.4. The fourth-order valence-electron chi connectivity index (χ4n) is 2.29. The van der Waals surface area contributed by atoms with Crippen molar-refractivity contribution in [3.8, 4) is 5.75 Å². The van der Waals surface area contributed by atoms with Gasteiger partial charge < -0.3 is 10.1 Å². The van der Waals surface area contributed by atoms with Crippen LogP contribution in [0.25, 0.3) is 0 Å². The molecule has 24 heavy (non-hydrogen) atoms. The molecule has 0 aliphatic rings. The van der Waals surface area contributed by atoms with Gasteiger partial charge in [-0.15, -0.1) is 0 Å². The summed E-state index contributed by atoms with van der Waals surface area (Å²) in [7, 11) is 1.54. The molecule has 0 aliphatic carbocycles. The summed E-state index contributed by atoms with van der Waals surface area (Å²) in [5.74, 6) is 0.407. The molecular weight excluding hydrogens is 319 g/mol. The Morgan fingerprint density at radius 2 is 1.79 bits per heavy atom. The van der Waals surface area contributed by atoms with Crippen LogP contribution in [-0.4, -0.2) is 13.0 Å². The molecule has 0 saturated heterocycles. The van der Waals surface area contributed by atoms with Crippen molar-refractivity contribution in [2.75, 3.05) is 7.11 Å². The van der Waals surface area contributed by atoms with Gasteiger partial charge in [-0.3, -0.25) is 4.79 Å². The molecule has 6 heteroatoms. The van der Waals surface area contributed by atoms with Crippen molar-refractivity contribution in [3.63, 3.8) is 0 Å². The molecule has 2 rings (SSSR count). The first-order chi connectivity index (χ1) is 11.3. The molecule has 128 valence electrons. The highest BCUT2D eigenvalue weighted by Gasteiger charge is 2.29. The molecule has 0 aliphatic heterocycles. The minimum absolute atomic E-state index is 0.144. The normalized spacial score (nSPS) is 11.2. The summed E-state index contributed by atoms with van der Waals surface area (Å²) < 4.78 is 42.7. The van der Waals surface area contributed by atoms with E-state index in [1.807, 2.05) is 19.1 Å². The lowest BCUT2D eigenvalue weighted by molar-refractivity contribution is -0.137. The number of benzene rings is 2. The fourth-order valence-corrected chi connectivity index (χ4v) is 2.29. The second-order valence-electron chi connectivity index (χ2n) is 5.46. The number of alkyl halides is 3. The SMILES string of the molecule is COc1ccc(C)cc1CC(=O)NCc1ccc(C(F)(F)F)cc1. The molecule has 0 fully saturated rings. The van der Waals surface area contributed by atoms with Gasteiger partial charge in [-0.2, -0.15) is 13.2 Å². The first-order valence-corrected chi connectivity index (χ1v) is 7.36. The molecule has 0 spiro atoms. The van der Waals surface area contributed by atoms with E-state index in [9.17, 15) is 18.0 Å². The maximum atomic E-state index is 12.5. The number of nitrogens with one attached hydrogen (secondary N) is 1. The molecule has 2 aromatic carbocycles. The van der Waals surface area contributed by atoms with E-state index in [0.29, 0.717) is 11.3 Å². The first kappa shape index (κ1) is 17.8. The third-order valence-electron chi connectivity index (χ3n) is 3.56. The Labute approximate surface area is 138 Å². The standard InChI is InChI=1S/C18H18F3NO2/c1-12-3-8-16(24-2)14(9-12)10-17(23)22-11-13-4-6-15(7-5-13)18(19,20)21/h3-9H,10-11H2,1-2H3,(H,22,23). The number of carbonyl (C=O) groups excluding carboxylic acids is 1. The summed E-state index contributed by atoms with van der Waals surface area (Å²) in [4.78, 5) is 12.0. The van der Waals surface area contributed by atoms with Gasteiger partial charge >= 0.3 is 6.18 Å². The molecule has 0 heterocycles. The summed E-state index contributed by atoms with van der Waals surface area (Å²) >= 11 is 0. The second-order valence-corrected chi connectivity index (χ2v) is 5.46. The van der Waals surface area contributed by atoms with Gasteiger partial charge in [0.25, 0.3) is 0 Å². The van der Waals surface area contributed by atoms with Crippen LogP contribution in [0.1, 0.15) is 22.3 Å². The molecule has 0 aromatic heterocycles. The zero-order chi connectivity index (χ0) is 17.7. The van der Waals surface area contributed by atoms with Gasteiger partial charge in [0.1, 0.15) is 5.75 Å². The maximum absolute atomic E-state index is 12.5. The van der Waals surface area contributed by atoms with Gasteiger partial charge in [-0.1, -0.05) is 29.8 Å². The molecule has 3 nitrogen and oxygen atoms in total. The number of hydrogen-bond donors (Lipinski definition) is 1. The van der Waals surface area contributed by atoms with Gasteiger partial charge in [0, 0.05) is 12.1 Å². The van der Waals surface area contributed by atoms with E-state index in [1.165, 1.54) is 19.2 Å². The summed E-state index contributed by atoms with van der Waals surface area (Å²) in [5.41, 5.74) is 1.68. The van der Waals surface area contributed by atoms with E-state index in [4.69, 9.17) is 4.74 Å². The van der Waals surface area contributed by atoms with Crippen LogP contribution in [0.3, 0.4) is 0 Å². The van der Waals surface area contributed by atoms with Crippen molar-refractivity contribution in [1.29, 1.82) is 0 Å². The Balaban J connectivity index is 1.95. The van der Waals surface area contributed by atoms with Crippen LogP contribution >= 0.6 is 0 Å². The van der Waals surface area contributed by atoms with Gasteiger partial charge in [0.05, 0.1) is 19.1 Å². The summed E-state index contributed by atoms with van der Waals surface area (Å²) in [6.07, 6.45) is -4.21. The van der Waals surface area contributed by atoms with Crippen LogP contribution in [0.5, 0.6) is 5.75 Å². The Hall–Kier alpha value is -2.50. The van der Waals surface area contributed by atoms with Crippen LogP contribution in [0.2, 0.25) is 0 Å². The topological polar surface area (TPSA) is 38.3 Å². The minimum Gasteiger partial charge on any atom is -0.496 e. The van der Waals surface area contributed by atoms with Crippen LogP contribution in [0.15, 0.2) is 42.5 Å². The number of hydrogen-bond acceptors (Lipinski definition) is 2. The monoisotopic (exact) mass is 337 g/mol. The molecule has 1 N–H and O–H groups in total. The molecule has 0 saturated carbocycles. The third-order valence-corrected chi connectivity index (χ3v) is 3.56. The second kappa shape index (κ2) is 7.38. The van der Waals surface area contributed by atoms with Gasteiger partial charge in [0.2, 0.25) is 5.91 Å². The highest BCUT2D eigenvalue weighted by atomic mass is 19.4. The predicted molar refractivity (Wildman–Crippen MR) is 84.7 cm³/mol. The smallest absolute Gasteiger partial charge is 0.416 e. The molecule has 0 bridgehead atoms. The molecule has 2 aromatic rings. The number of aryl methyl sites for hydroxylation is 1.